The minimum atomic E-state index is 0. The predicted octanol–water partition coefficient (Wildman–Crippen LogP) is -3.90. The fourth-order valence-electron chi connectivity index (χ4n) is 0. The molecule has 7 heteroatoms. The molecule has 0 unspecified atom stereocenters. The molecule has 0 fully saturated rings. The Morgan fingerprint density at radius 3 is 0.571 bits per heavy atom. The molecular formula is H12Al2F2Mg2Ni. The quantitative estimate of drug-likeness (QED) is 0.359. The molecule has 0 saturated carbocycles. The predicted molar refractivity (Wildman–Crippen MR) is 42.0 cm³/mol. The van der Waals surface area contributed by atoms with Crippen molar-refractivity contribution in [3.05, 3.63) is 0 Å². The van der Waals surface area contributed by atoms with E-state index < -0.39 is 0 Å². The number of halogens is 2. The Kier molecular flexibility index (Phi) is 850. The molecule has 0 heterocycles. The van der Waals surface area contributed by atoms with E-state index in [9.17, 15) is 0 Å². The number of rotatable bonds is 0. The van der Waals surface area contributed by atoms with Gasteiger partial charge in [0.05, 0.1) is 0 Å². The van der Waals surface area contributed by atoms with Gasteiger partial charge in [-0.3, -0.25) is 9.41 Å². The fraction of sp³-hybridized carbons (Fsp3) is 0. The molecule has 0 saturated heterocycles. The van der Waals surface area contributed by atoms with E-state index >= 15 is 0 Å². The summed E-state index contributed by atoms with van der Waals surface area (Å²) < 4.78 is 0. The van der Waals surface area contributed by atoms with E-state index in [0.29, 0.717) is 0 Å². The summed E-state index contributed by atoms with van der Waals surface area (Å²) in [6.45, 7) is 0. The topological polar surface area (TPSA) is 0 Å². The Hall–Kier alpha value is 2.95. The van der Waals surface area contributed by atoms with E-state index in [4.69, 9.17) is 0 Å². The maximum atomic E-state index is 0. The molecule has 0 aliphatic carbocycles. The van der Waals surface area contributed by atoms with Crippen molar-refractivity contribution in [1.82, 2.24) is 0 Å². The van der Waals surface area contributed by atoms with Crippen LogP contribution >= 0.6 is 0 Å². The molecule has 0 atom stereocenters. The molecule has 0 aromatic carbocycles. The molecule has 46 valence electrons. The fourth-order valence-corrected chi connectivity index (χ4v) is 0. The molecule has 0 aromatic heterocycles. The maximum Gasteiger partial charge on any atom is 0.316 e. The Morgan fingerprint density at radius 2 is 0.571 bits per heavy atom. The zero-order valence-electron chi connectivity index (χ0n) is 1.13. The molecule has 0 amide bonds. The largest absolute Gasteiger partial charge is 0.316 e. The monoisotopic (exact) mass is 210 g/mol. The van der Waals surface area contributed by atoms with Crippen LogP contribution in [-0.4, -0.2) is 80.8 Å². The summed E-state index contributed by atoms with van der Waals surface area (Å²) in [5, 5.41) is 0. The summed E-state index contributed by atoms with van der Waals surface area (Å²) in [7, 11) is 0. The molecular weight excluding hydrogens is 199 g/mol. The van der Waals surface area contributed by atoms with Crippen molar-refractivity contribution < 1.29 is 25.9 Å². The van der Waals surface area contributed by atoms with Gasteiger partial charge in [-0.05, 0) is 0 Å². The average molecular weight is 211 g/mol. The number of hydrogen-bond acceptors (Lipinski definition) is 0. The first-order valence-electron chi connectivity index (χ1n) is 0. The molecule has 0 N–H and O–H groups in total. The van der Waals surface area contributed by atoms with Crippen LogP contribution in [0.15, 0.2) is 0 Å². The standard InChI is InChI=1S/2Al.2FH.2Mg.Ni.10H/h;;2*1H;;;;;;;;;;;;;. The zero-order valence-corrected chi connectivity index (χ0v) is 2.12. The Balaban J connectivity index is 0. The molecule has 0 rings (SSSR count). The second-order valence-corrected chi connectivity index (χ2v) is 0. The van der Waals surface area contributed by atoms with Crippen LogP contribution in [0, 0.1) is 0 Å². The van der Waals surface area contributed by atoms with Crippen molar-refractivity contribution in [1.29, 1.82) is 0 Å². The first kappa shape index (κ1) is 91.6. The van der Waals surface area contributed by atoms with E-state index in [1.54, 1.807) is 0 Å². The van der Waals surface area contributed by atoms with Gasteiger partial charge in [0.2, 0.25) is 0 Å². The molecule has 0 aliphatic heterocycles. The van der Waals surface area contributed by atoms with Gasteiger partial charge in [-0.15, -0.1) is 0 Å². The first-order valence-corrected chi connectivity index (χ1v) is 0. The van der Waals surface area contributed by atoms with Gasteiger partial charge in [-0.1, -0.05) is 0 Å². The van der Waals surface area contributed by atoms with Gasteiger partial charge in [0.15, 0.2) is 34.7 Å². The second kappa shape index (κ2) is 65.0. The van der Waals surface area contributed by atoms with Crippen molar-refractivity contribution in [3.63, 3.8) is 0 Å². The van der Waals surface area contributed by atoms with E-state index in [1.165, 1.54) is 0 Å². The zero-order chi connectivity index (χ0) is 0. The third-order valence-corrected chi connectivity index (χ3v) is 0. The minimum Gasteiger partial charge on any atom is -0.269 e. The van der Waals surface area contributed by atoms with Crippen LogP contribution in [0.4, 0.5) is 9.41 Å². The SMILES string of the molecule is F.F.[AlH3].[AlH3].[MgH2].[MgH2].[Ni]. The molecule has 0 bridgehead atoms. The first-order chi connectivity index (χ1) is 0. The third-order valence-electron chi connectivity index (χ3n) is 0. The van der Waals surface area contributed by atoms with Crippen LogP contribution in [0.25, 0.3) is 0 Å². The van der Waals surface area contributed by atoms with Crippen LogP contribution in [0.1, 0.15) is 0 Å². The summed E-state index contributed by atoms with van der Waals surface area (Å²) in [4.78, 5) is 0. The number of hydrogen-bond donors (Lipinski definition) is 0. The van der Waals surface area contributed by atoms with Crippen LogP contribution in [0.5, 0.6) is 0 Å². The summed E-state index contributed by atoms with van der Waals surface area (Å²) in [6.07, 6.45) is 0. The molecule has 7 heavy (non-hydrogen) atoms. The van der Waals surface area contributed by atoms with Crippen molar-refractivity contribution in [2.75, 3.05) is 0 Å². The summed E-state index contributed by atoms with van der Waals surface area (Å²) >= 11 is 0. The minimum absolute atomic E-state index is 0. The van der Waals surface area contributed by atoms with Gasteiger partial charge >= 0.3 is 46.1 Å². The summed E-state index contributed by atoms with van der Waals surface area (Å²) in [5.74, 6) is 0. The van der Waals surface area contributed by atoms with Gasteiger partial charge in [0, 0.05) is 16.5 Å². The van der Waals surface area contributed by atoms with Crippen LogP contribution in [0.3, 0.4) is 0 Å². The third kappa shape index (κ3) is 49.7. The summed E-state index contributed by atoms with van der Waals surface area (Å²) in [5.41, 5.74) is 0. The molecule has 0 nitrogen and oxygen atoms in total. The van der Waals surface area contributed by atoms with E-state index in [0.717, 1.165) is 0 Å². The maximum absolute atomic E-state index is 0. The van der Waals surface area contributed by atoms with Crippen molar-refractivity contribution in [2.24, 2.45) is 0 Å². The molecule has 0 spiro atoms. The smallest absolute Gasteiger partial charge is 0.269 e. The molecule has 0 radical (unpaired) electrons. The Labute approximate surface area is 105 Å². The van der Waals surface area contributed by atoms with Crippen molar-refractivity contribution >= 4 is 80.8 Å². The van der Waals surface area contributed by atoms with Gasteiger partial charge in [-0.25, -0.2) is 0 Å². The summed E-state index contributed by atoms with van der Waals surface area (Å²) in [6, 6.07) is 0. The van der Waals surface area contributed by atoms with E-state index in [2.05, 4.69) is 0 Å². The Morgan fingerprint density at radius 1 is 0.571 bits per heavy atom. The van der Waals surface area contributed by atoms with E-state index in [1.807, 2.05) is 0 Å². The Bertz CT molecular complexity index is 13.7. The molecule has 0 aromatic rings. The van der Waals surface area contributed by atoms with Crippen LogP contribution in [-0.2, 0) is 16.5 Å². The van der Waals surface area contributed by atoms with Gasteiger partial charge < -0.3 is 0 Å². The van der Waals surface area contributed by atoms with Crippen molar-refractivity contribution in [2.45, 2.75) is 0 Å². The average Bonchev–Trinajstić information content (AvgIpc) is 0. The van der Waals surface area contributed by atoms with Crippen molar-refractivity contribution in [3.8, 4) is 0 Å². The molecule has 0 aliphatic rings. The van der Waals surface area contributed by atoms with E-state index in [-0.39, 0.29) is 107 Å². The normalized spacial score (nSPS) is 0. The van der Waals surface area contributed by atoms with Gasteiger partial charge in [0.1, 0.15) is 0 Å². The van der Waals surface area contributed by atoms with Crippen LogP contribution in [0.2, 0.25) is 0 Å². The second-order valence-electron chi connectivity index (χ2n) is 0. The van der Waals surface area contributed by atoms with Gasteiger partial charge in [0.25, 0.3) is 0 Å². The van der Waals surface area contributed by atoms with Gasteiger partial charge in [-0.2, -0.15) is 0 Å². The van der Waals surface area contributed by atoms with Crippen LogP contribution < -0.4 is 0 Å².